The molecule has 0 aliphatic rings. The molecule has 0 bridgehead atoms. The first kappa shape index (κ1) is 21.3. The van der Waals surface area contributed by atoms with E-state index in [1.54, 1.807) is 30.0 Å². The van der Waals surface area contributed by atoms with Crippen molar-refractivity contribution in [3.63, 3.8) is 0 Å². The van der Waals surface area contributed by atoms with Crippen molar-refractivity contribution >= 4 is 40.9 Å². The number of carbonyl (C=O) groups is 2. The lowest BCUT2D eigenvalue weighted by Crippen LogP contribution is -2.32. The molecule has 0 aliphatic heterocycles. The molecule has 0 radical (unpaired) electrons. The third kappa shape index (κ3) is 7.27. The smallest absolute Gasteiger partial charge is 0.253 e. The van der Waals surface area contributed by atoms with Crippen molar-refractivity contribution in [2.45, 2.75) is 44.0 Å². The minimum absolute atomic E-state index is 0.0875. The first-order valence-electron chi connectivity index (χ1n) is 9.07. The van der Waals surface area contributed by atoms with Gasteiger partial charge in [0.2, 0.25) is 5.91 Å². The summed E-state index contributed by atoms with van der Waals surface area (Å²) in [5.74, 6) is 0.583. The first-order chi connectivity index (χ1) is 13.0. The lowest BCUT2D eigenvalue weighted by molar-refractivity contribution is -0.116. The second-order valence-corrected chi connectivity index (χ2v) is 7.89. The van der Waals surface area contributed by atoms with Crippen molar-refractivity contribution in [1.29, 1.82) is 0 Å². The van der Waals surface area contributed by atoms with E-state index in [1.807, 2.05) is 44.2 Å². The summed E-state index contributed by atoms with van der Waals surface area (Å²) in [5, 5.41) is 6.51. The number of nitrogens with one attached hydrogen (secondary N) is 2. The van der Waals surface area contributed by atoms with Gasteiger partial charge in [0.05, 0.1) is 11.3 Å². The van der Waals surface area contributed by atoms with E-state index in [2.05, 4.69) is 10.6 Å². The molecule has 0 saturated carbocycles. The molecule has 144 valence electrons. The molecule has 2 amide bonds. The Labute approximate surface area is 170 Å². The van der Waals surface area contributed by atoms with E-state index in [1.165, 1.54) is 0 Å². The summed E-state index contributed by atoms with van der Waals surface area (Å²) in [5.41, 5.74) is 1.04. The van der Waals surface area contributed by atoms with Crippen LogP contribution in [0.5, 0.6) is 0 Å². The molecule has 0 unspecified atom stereocenters. The third-order valence-electron chi connectivity index (χ3n) is 4.07. The Bertz CT molecular complexity index is 765. The van der Waals surface area contributed by atoms with Crippen molar-refractivity contribution in [3.05, 3.63) is 59.1 Å². The van der Waals surface area contributed by atoms with Crippen LogP contribution in [0.25, 0.3) is 0 Å². The van der Waals surface area contributed by atoms with Crippen molar-refractivity contribution < 1.29 is 9.59 Å². The van der Waals surface area contributed by atoms with Gasteiger partial charge in [-0.15, -0.1) is 11.8 Å². The number of benzene rings is 2. The quantitative estimate of drug-likeness (QED) is 0.435. The Morgan fingerprint density at radius 1 is 1.11 bits per heavy atom. The SMILES string of the molecule is CC[C@H](C)NC(=O)c1ccccc1NC(=O)CCCSc1ccc(Cl)cc1. The van der Waals surface area contributed by atoms with Gasteiger partial charge in [0.15, 0.2) is 0 Å². The molecule has 2 aromatic carbocycles. The average Bonchev–Trinajstić information content (AvgIpc) is 2.67. The number of hydrogen-bond donors (Lipinski definition) is 2. The largest absolute Gasteiger partial charge is 0.350 e. The highest BCUT2D eigenvalue weighted by Crippen LogP contribution is 2.22. The molecule has 0 spiro atoms. The van der Waals surface area contributed by atoms with E-state index in [4.69, 9.17) is 11.6 Å². The molecule has 0 fully saturated rings. The number of hydrogen-bond acceptors (Lipinski definition) is 3. The van der Waals surface area contributed by atoms with Crippen LogP contribution < -0.4 is 10.6 Å². The lowest BCUT2D eigenvalue weighted by atomic mass is 10.1. The number of para-hydroxylation sites is 1. The summed E-state index contributed by atoms with van der Waals surface area (Å²) in [4.78, 5) is 25.8. The van der Waals surface area contributed by atoms with Crippen LogP contribution in [0.15, 0.2) is 53.4 Å². The monoisotopic (exact) mass is 404 g/mol. The van der Waals surface area contributed by atoms with Crippen molar-refractivity contribution in [1.82, 2.24) is 5.32 Å². The molecule has 4 nitrogen and oxygen atoms in total. The molecule has 2 aromatic rings. The van der Waals surface area contributed by atoms with E-state index in [0.717, 1.165) is 28.5 Å². The molecule has 0 aliphatic carbocycles. The summed E-state index contributed by atoms with van der Waals surface area (Å²) < 4.78 is 0. The van der Waals surface area contributed by atoms with Crippen LogP contribution >= 0.6 is 23.4 Å². The molecular weight excluding hydrogens is 380 g/mol. The highest BCUT2D eigenvalue weighted by molar-refractivity contribution is 7.99. The molecule has 27 heavy (non-hydrogen) atoms. The Morgan fingerprint density at radius 2 is 1.81 bits per heavy atom. The van der Waals surface area contributed by atoms with Crippen LogP contribution in [0.1, 0.15) is 43.5 Å². The zero-order valence-electron chi connectivity index (χ0n) is 15.6. The molecule has 0 aromatic heterocycles. The summed E-state index contributed by atoms with van der Waals surface area (Å²) >= 11 is 7.56. The van der Waals surface area contributed by atoms with Gasteiger partial charge in [-0.25, -0.2) is 0 Å². The number of carbonyl (C=O) groups excluding carboxylic acids is 2. The van der Waals surface area contributed by atoms with Crippen LogP contribution in [-0.4, -0.2) is 23.6 Å². The van der Waals surface area contributed by atoms with Gasteiger partial charge < -0.3 is 10.6 Å². The zero-order chi connectivity index (χ0) is 19.6. The fourth-order valence-corrected chi connectivity index (χ4v) is 3.34. The Morgan fingerprint density at radius 3 is 2.52 bits per heavy atom. The van der Waals surface area contributed by atoms with Gasteiger partial charge in [-0.05, 0) is 61.9 Å². The van der Waals surface area contributed by atoms with Crippen LogP contribution in [-0.2, 0) is 4.79 Å². The van der Waals surface area contributed by atoms with Gasteiger partial charge in [0.1, 0.15) is 0 Å². The van der Waals surface area contributed by atoms with E-state index in [-0.39, 0.29) is 17.9 Å². The van der Waals surface area contributed by atoms with Crippen LogP contribution in [0, 0.1) is 0 Å². The number of halogens is 1. The maximum atomic E-state index is 12.4. The predicted octanol–water partition coefficient (Wildman–Crippen LogP) is 5.38. The predicted molar refractivity (Wildman–Crippen MR) is 114 cm³/mol. The van der Waals surface area contributed by atoms with Crippen LogP contribution in [0.4, 0.5) is 5.69 Å². The second-order valence-electron chi connectivity index (χ2n) is 6.28. The van der Waals surface area contributed by atoms with E-state index in [9.17, 15) is 9.59 Å². The standard InChI is InChI=1S/C21H25ClN2O2S/c1-3-15(2)23-21(26)18-7-4-5-8-19(18)24-20(25)9-6-14-27-17-12-10-16(22)11-13-17/h4-5,7-8,10-13,15H,3,6,9,14H2,1-2H3,(H,23,26)(H,24,25)/t15-/m0/s1. The summed E-state index contributed by atoms with van der Waals surface area (Å²) in [6, 6.07) is 14.8. The summed E-state index contributed by atoms with van der Waals surface area (Å²) in [6.07, 6.45) is 2.01. The molecule has 2 N–H and O–H groups in total. The van der Waals surface area contributed by atoms with Gasteiger partial charge in [0, 0.05) is 22.4 Å². The topological polar surface area (TPSA) is 58.2 Å². The number of thioether (sulfide) groups is 1. The van der Waals surface area contributed by atoms with Gasteiger partial charge in [0.25, 0.3) is 5.91 Å². The summed E-state index contributed by atoms with van der Waals surface area (Å²) in [6.45, 7) is 3.97. The number of anilines is 1. The van der Waals surface area contributed by atoms with Crippen molar-refractivity contribution in [3.8, 4) is 0 Å². The Hall–Kier alpha value is -1.98. The molecular formula is C21H25ClN2O2S. The zero-order valence-corrected chi connectivity index (χ0v) is 17.2. The maximum Gasteiger partial charge on any atom is 0.253 e. The van der Waals surface area contributed by atoms with E-state index in [0.29, 0.717) is 17.7 Å². The van der Waals surface area contributed by atoms with Crippen LogP contribution in [0.2, 0.25) is 5.02 Å². The van der Waals surface area contributed by atoms with Gasteiger partial charge >= 0.3 is 0 Å². The first-order valence-corrected chi connectivity index (χ1v) is 10.4. The third-order valence-corrected chi connectivity index (χ3v) is 5.42. The van der Waals surface area contributed by atoms with Crippen LogP contribution in [0.3, 0.4) is 0 Å². The van der Waals surface area contributed by atoms with Crippen molar-refractivity contribution in [2.24, 2.45) is 0 Å². The fraction of sp³-hybridized carbons (Fsp3) is 0.333. The van der Waals surface area contributed by atoms with E-state index < -0.39 is 0 Å². The highest BCUT2D eigenvalue weighted by Gasteiger charge is 2.14. The number of amides is 2. The minimum Gasteiger partial charge on any atom is -0.350 e. The Kier molecular flexibility index (Phi) is 8.69. The second kappa shape index (κ2) is 11.0. The minimum atomic E-state index is -0.168. The Balaban J connectivity index is 1.83. The normalized spacial score (nSPS) is 11.7. The van der Waals surface area contributed by atoms with Gasteiger partial charge in [-0.1, -0.05) is 30.7 Å². The lowest BCUT2D eigenvalue weighted by Gasteiger charge is -2.14. The molecule has 0 heterocycles. The van der Waals surface area contributed by atoms with Crippen molar-refractivity contribution in [2.75, 3.05) is 11.1 Å². The highest BCUT2D eigenvalue weighted by atomic mass is 35.5. The van der Waals surface area contributed by atoms with Gasteiger partial charge in [-0.2, -0.15) is 0 Å². The molecule has 1 atom stereocenters. The molecule has 6 heteroatoms. The van der Waals surface area contributed by atoms with Gasteiger partial charge in [-0.3, -0.25) is 9.59 Å². The average molecular weight is 405 g/mol. The molecule has 2 rings (SSSR count). The fourth-order valence-electron chi connectivity index (χ4n) is 2.36. The molecule has 0 saturated heterocycles. The maximum absolute atomic E-state index is 12.4. The number of rotatable bonds is 9. The summed E-state index contributed by atoms with van der Waals surface area (Å²) in [7, 11) is 0. The van der Waals surface area contributed by atoms with E-state index >= 15 is 0 Å².